The van der Waals surface area contributed by atoms with E-state index in [4.69, 9.17) is 5.11 Å². The molecule has 17 heavy (non-hydrogen) atoms. The second kappa shape index (κ2) is 5.55. The zero-order valence-corrected chi connectivity index (χ0v) is 11.2. The van der Waals surface area contributed by atoms with Crippen LogP contribution in [-0.2, 0) is 14.6 Å². The van der Waals surface area contributed by atoms with E-state index in [2.05, 4.69) is 0 Å². The topological polar surface area (TPSA) is 71.4 Å². The molecule has 4 nitrogen and oxygen atoms in total. The maximum absolute atomic E-state index is 11.2. The Morgan fingerprint density at radius 3 is 2.29 bits per heavy atom. The fourth-order valence-corrected chi connectivity index (χ4v) is 2.62. The van der Waals surface area contributed by atoms with Gasteiger partial charge in [-0.15, -0.1) is 11.8 Å². The third-order valence-corrected chi connectivity index (χ3v) is 4.57. The molecule has 0 bridgehead atoms. The third-order valence-electron chi connectivity index (χ3n) is 2.17. The molecular formula is C11H14O4S2. The molecule has 0 heterocycles. The number of rotatable bonds is 5. The van der Waals surface area contributed by atoms with Crippen molar-refractivity contribution in [3.63, 3.8) is 0 Å². The van der Waals surface area contributed by atoms with Gasteiger partial charge in [0, 0.05) is 16.9 Å². The van der Waals surface area contributed by atoms with E-state index in [1.165, 1.54) is 23.9 Å². The van der Waals surface area contributed by atoms with E-state index < -0.39 is 21.7 Å². The lowest BCUT2D eigenvalue weighted by Gasteiger charge is -2.06. The van der Waals surface area contributed by atoms with Crippen molar-refractivity contribution in [2.24, 2.45) is 5.92 Å². The van der Waals surface area contributed by atoms with Crippen molar-refractivity contribution in [1.82, 2.24) is 0 Å². The highest BCUT2D eigenvalue weighted by atomic mass is 32.2. The standard InChI is InChI=1S/C11H14O4S2/c1-8(11(12)13)7-16-9-3-5-10(6-4-9)17(2,14)15/h3-6,8H,7H2,1-2H3,(H,12,13). The van der Waals surface area contributed by atoms with Gasteiger partial charge in [0.05, 0.1) is 10.8 Å². The smallest absolute Gasteiger partial charge is 0.307 e. The van der Waals surface area contributed by atoms with Gasteiger partial charge in [0.25, 0.3) is 0 Å². The molecule has 0 amide bonds. The average molecular weight is 274 g/mol. The molecule has 1 aromatic carbocycles. The van der Waals surface area contributed by atoms with Gasteiger partial charge in [-0.3, -0.25) is 4.79 Å². The lowest BCUT2D eigenvalue weighted by molar-refractivity contribution is -0.140. The first kappa shape index (κ1) is 14.1. The summed E-state index contributed by atoms with van der Waals surface area (Å²) in [5.41, 5.74) is 0. The number of hydrogen-bond donors (Lipinski definition) is 1. The Hall–Kier alpha value is -1.01. The molecule has 0 aromatic heterocycles. The summed E-state index contributed by atoms with van der Waals surface area (Å²) in [7, 11) is -3.17. The molecule has 1 aromatic rings. The lowest BCUT2D eigenvalue weighted by Crippen LogP contribution is -2.11. The summed E-state index contributed by atoms with van der Waals surface area (Å²) in [6, 6.07) is 6.44. The summed E-state index contributed by atoms with van der Waals surface area (Å²) in [6.07, 6.45) is 1.15. The Morgan fingerprint density at radius 1 is 1.35 bits per heavy atom. The van der Waals surface area contributed by atoms with Crippen LogP contribution in [0.25, 0.3) is 0 Å². The minimum absolute atomic E-state index is 0.271. The van der Waals surface area contributed by atoms with Crippen LogP contribution >= 0.6 is 11.8 Å². The largest absolute Gasteiger partial charge is 0.481 e. The van der Waals surface area contributed by atoms with Crippen molar-refractivity contribution in [2.45, 2.75) is 16.7 Å². The Bertz CT molecular complexity index is 491. The number of carboxylic acids is 1. The number of carbonyl (C=O) groups is 1. The molecule has 0 spiro atoms. The number of benzene rings is 1. The fraction of sp³-hybridized carbons (Fsp3) is 0.364. The Labute approximate surface area is 105 Å². The quantitative estimate of drug-likeness (QED) is 0.830. The number of thioether (sulfide) groups is 1. The van der Waals surface area contributed by atoms with Crippen molar-refractivity contribution >= 4 is 27.6 Å². The fourth-order valence-electron chi connectivity index (χ4n) is 1.08. The summed E-state index contributed by atoms with van der Waals surface area (Å²) >= 11 is 1.40. The molecule has 94 valence electrons. The predicted molar refractivity (Wildman–Crippen MR) is 67.1 cm³/mol. The number of hydrogen-bond acceptors (Lipinski definition) is 4. The lowest BCUT2D eigenvalue weighted by atomic mass is 10.2. The first-order valence-electron chi connectivity index (χ1n) is 4.96. The van der Waals surface area contributed by atoms with Gasteiger partial charge in [-0.1, -0.05) is 6.92 Å². The highest BCUT2D eigenvalue weighted by Gasteiger charge is 2.11. The van der Waals surface area contributed by atoms with E-state index in [1.807, 2.05) is 0 Å². The van der Waals surface area contributed by atoms with Gasteiger partial charge in [-0.25, -0.2) is 8.42 Å². The van der Waals surface area contributed by atoms with Crippen LogP contribution in [0, 0.1) is 5.92 Å². The van der Waals surface area contributed by atoms with Crippen molar-refractivity contribution in [3.05, 3.63) is 24.3 Å². The molecule has 0 saturated heterocycles. The van der Waals surface area contributed by atoms with Crippen LogP contribution in [0.1, 0.15) is 6.92 Å². The van der Waals surface area contributed by atoms with Crippen LogP contribution < -0.4 is 0 Å². The molecule has 0 saturated carbocycles. The first-order chi connectivity index (χ1) is 7.80. The molecule has 0 aliphatic heterocycles. The molecule has 0 radical (unpaired) electrons. The molecular weight excluding hydrogens is 260 g/mol. The zero-order valence-electron chi connectivity index (χ0n) is 9.58. The minimum Gasteiger partial charge on any atom is -0.481 e. The van der Waals surface area contributed by atoms with Crippen molar-refractivity contribution in [1.29, 1.82) is 0 Å². The maximum Gasteiger partial charge on any atom is 0.307 e. The van der Waals surface area contributed by atoms with E-state index in [0.717, 1.165) is 11.2 Å². The SMILES string of the molecule is CC(CSc1ccc(S(C)(=O)=O)cc1)C(=O)O. The second-order valence-corrected chi connectivity index (χ2v) is 6.90. The van der Waals surface area contributed by atoms with Gasteiger partial charge in [-0.2, -0.15) is 0 Å². The van der Waals surface area contributed by atoms with Crippen LogP contribution in [0.2, 0.25) is 0 Å². The monoisotopic (exact) mass is 274 g/mol. The maximum atomic E-state index is 11.2. The van der Waals surface area contributed by atoms with Crippen LogP contribution in [0.5, 0.6) is 0 Å². The number of sulfone groups is 1. The van der Waals surface area contributed by atoms with Crippen LogP contribution in [-0.4, -0.2) is 31.5 Å². The molecule has 0 fully saturated rings. The molecule has 1 N–H and O–H groups in total. The van der Waals surface area contributed by atoms with Gasteiger partial charge in [-0.05, 0) is 24.3 Å². The molecule has 6 heteroatoms. The Kier molecular flexibility index (Phi) is 4.59. The number of aliphatic carboxylic acids is 1. The highest BCUT2D eigenvalue weighted by Crippen LogP contribution is 2.22. The van der Waals surface area contributed by atoms with Crippen LogP contribution in [0.3, 0.4) is 0 Å². The van der Waals surface area contributed by atoms with Crippen LogP contribution in [0.15, 0.2) is 34.1 Å². The molecule has 1 rings (SSSR count). The molecule has 1 atom stereocenters. The predicted octanol–water partition coefficient (Wildman–Crippen LogP) is 1.90. The van der Waals surface area contributed by atoms with E-state index in [9.17, 15) is 13.2 Å². The third kappa shape index (κ3) is 4.40. The minimum atomic E-state index is -3.17. The Balaban J connectivity index is 2.67. The van der Waals surface area contributed by atoms with Gasteiger partial charge >= 0.3 is 5.97 Å². The van der Waals surface area contributed by atoms with E-state index >= 15 is 0 Å². The summed E-state index contributed by atoms with van der Waals surface area (Å²) < 4.78 is 22.4. The van der Waals surface area contributed by atoms with Gasteiger partial charge in [0.15, 0.2) is 9.84 Å². The average Bonchev–Trinajstić information content (AvgIpc) is 2.25. The van der Waals surface area contributed by atoms with Crippen molar-refractivity contribution in [2.75, 3.05) is 12.0 Å². The Morgan fingerprint density at radius 2 is 1.88 bits per heavy atom. The van der Waals surface area contributed by atoms with Crippen molar-refractivity contribution < 1.29 is 18.3 Å². The van der Waals surface area contributed by atoms with Crippen molar-refractivity contribution in [3.8, 4) is 0 Å². The van der Waals surface area contributed by atoms with Gasteiger partial charge < -0.3 is 5.11 Å². The van der Waals surface area contributed by atoms with Crippen LogP contribution in [0.4, 0.5) is 0 Å². The van der Waals surface area contributed by atoms with E-state index in [0.29, 0.717) is 5.75 Å². The first-order valence-corrected chi connectivity index (χ1v) is 7.84. The van der Waals surface area contributed by atoms with Gasteiger partial charge in [0.1, 0.15) is 0 Å². The molecule has 0 aliphatic carbocycles. The zero-order chi connectivity index (χ0) is 13.1. The normalized spacial score (nSPS) is 13.3. The number of carboxylic acid groups (broad SMARTS) is 1. The molecule has 0 aliphatic rings. The summed E-state index contributed by atoms with van der Waals surface area (Å²) in [6.45, 7) is 1.64. The van der Waals surface area contributed by atoms with Gasteiger partial charge in [0.2, 0.25) is 0 Å². The highest BCUT2D eigenvalue weighted by molar-refractivity contribution is 7.99. The second-order valence-electron chi connectivity index (χ2n) is 3.79. The summed E-state index contributed by atoms with van der Waals surface area (Å²) in [5.74, 6) is -0.784. The van der Waals surface area contributed by atoms with E-state index in [-0.39, 0.29) is 4.90 Å². The van der Waals surface area contributed by atoms with E-state index in [1.54, 1.807) is 19.1 Å². The summed E-state index contributed by atoms with van der Waals surface area (Å²) in [4.78, 5) is 11.8. The molecule has 1 unspecified atom stereocenters. The summed E-state index contributed by atoms with van der Waals surface area (Å²) in [5, 5.41) is 8.72.